The van der Waals surface area contributed by atoms with Crippen LogP contribution in [0.4, 0.5) is 5.69 Å². The molecule has 1 amide bonds. The Morgan fingerprint density at radius 2 is 1.92 bits per heavy atom. The molecule has 0 unspecified atom stereocenters. The lowest BCUT2D eigenvalue weighted by Crippen LogP contribution is -2.36. The molecule has 0 bridgehead atoms. The molecule has 1 aliphatic heterocycles. The first-order chi connectivity index (χ1) is 12.7. The van der Waals surface area contributed by atoms with E-state index in [0.717, 1.165) is 32.7 Å². The van der Waals surface area contributed by atoms with Gasteiger partial charge in [0.2, 0.25) is 0 Å². The molecular weight excluding hydrogens is 352 g/mol. The maximum atomic E-state index is 12.4. The van der Waals surface area contributed by atoms with Crippen molar-refractivity contribution in [3.63, 3.8) is 0 Å². The molecule has 2 aromatic carbocycles. The van der Waals surface area contributed by atoms with Crippen LogP contribution in [-0.2, 0) is 11.2 Å². The molecule has 1 aliphatic rings. The van der Waals surface area contributed by atoms with E-state index in [4.69, 9.17) is 21.1 Å². The number of hydrogen-bond acceptors (Lipinski definition) is 4. The van der Waals surface area contributed by atoms with Crippen LogP contribution in [0.5, 0.6) is 5.75 Å². The molecular formula is C20H23ClN2O3. The summed E-state index contributed by atoms with van der Waals surface area (Å²) in [5.41, 5.74) is 2.84. The number of halogens is 1. The second kappa shape index (κ2) is 8.92. The van der Waals surface area contributed by atoms with Crippen molar-refractivity contribution < 1.29 is 14.3 Å². The normalized spacial score (nSPS) is 14.2. The molecule has 2 aromatic rings. The Hall–Kier alpha value is -2.24. The number of rotatable bonds is 6. The zero-order valence-corrected chi connectivity index (χ0v) is 15.6. The van der Waals surface area contributed by atoms with Crippen LogP contribution in [0.1, 0.15) is 15.9 Å². The van der Waals surface area contributed by atoms with Crippen LogP contribution in [0.2, 0.25) is 5.02 Å². The van der Waals surface area contributed by atoms with Crippen molar-refractivity contribution in [1.29, 1.82) is 0 Å². The summed E-state index contributed by atoms with van der Waals surface area (Å²) < 4.78 is 10.6. The first kappa shape index (κ1) is 18.5. The zero-order chi connectivity index (χ0) is 18.4. The van der Waals surface area contributed by atoms with Crippen LogP contribution in [-0.4, -0.2) is 45.9 Å². The fourth-order valence-corrected chi connectivity index (χ4v) is 3.14. The average Bonchev–Trinajstić information content (AvgIpc) is 2.69. The van der Waals surface area contributed by atoms with E-state index < -0.39 is 0 Å². The fraction of sp³-hybridized carbons (Fsp3) is 0.350. The highest BCUT2D eigenvalue weighted by Crippen LogP contribution is 2.22. The van der Waals surface area contributed by atoms with Gasteiger partial charge in [0.25, 0.3) is 5.91 Å². The maximum absolute atomic E-state index is 12.4. The van der Waals surface area contributed by atoms with Crippen molar-refractivity contribution in [1.82, 2.24) is 5.32 Å². The minimum absolute atomic E-state index is 0.186. The molecule has 1 heterocycles. The average molecular weight is 375 g/mol. The summed E-state index contributed by atoms with van der Waals surface area (Å²) >= 11 is 5.98. The van der Waals surface area contributed by atoms with E-state index in [9.17, 15) is 4.79 Å². The van der Waals surface area contributed by atoms with Crippen molar-refractivity contribution >= 4 is 23.2 Å². The zero-order valence-electron chi connectivity index (χ0n) is 14.8. The van der Waals surface area contributed by atoms with Gasteiger partial charge in [-0.1, -0.05) is 23.7 Å². The summed E-state index contributed by atoms with van der Waals surface area (Å²) in [6.45, 7) is 3.96. The Kier molecular flexibility index (Phi) is 6.36. The quantitative estimate of drug-likeness (QED) is 0.843. The van der Waals surface area contributed by atoms with E-state index in [1.807, 2.05) is 0 Å². The molecule has 3 rings (SSSR count). The monoisotopic (exact) mass is 374 g/mol. The molecule has 26 heavy (non-hydrogen) atoms. The summed E-state index contributed by atoms with van der Waals surface area (Å²) in [6, 6.07) is 13.5. The van der Waals surface area contributed by atoms with Crippen LogP contribution < -0.4 is 15.0 Å². The number of carbonyl (C=O) groups excluding carboxylic acids is 1. The molecule has 1 N–H and O–H groups in total. The summed E-state index contributed by atoms with van der Waals surface area (Å²) in [5, 5.41) is 3.43. The van der Waals surface area contributed by atoms with Crippen LogP contribution in [0.3, 0.4) is 0 Å². The van der Waals surface area contributed by atoms with Gasteiger partial charge in [0.05, 0.1) is 25.9 Å². The third kappa shape index (κ3) is 4.68. The van der Waals surface area contributed by atoms with Gasteiger partial charge in [-0.25, -0.2) is 0 Å². The molecule has 0 spiro atoms. The molecule has 0 atom stereocenters. The number of ether oxygens (including phenoxy) is 2. The molecule has 138 valence electrons. The van der Waals surface area contributed by atoms with E-state index in [0.29, 0.717) is 22.9 Å². The van der Waals surface area contributed by atoms with E-state index in [1.165, 1.54) is 18.4 Å². The largest absolute Gasteiger partial charge is 0.496 e. The van der Waals surface area contributed by atoms with Gasteiger partial charge in [-0.05, 0) is 42.3 Å². The molecule has 5 nitrogen and oxygen atoms in total. The lowest BCUT2D eigenvalue weighted by atomic mass is 10.1. The van der Waals surface area contributed by atoms with Crippen LogP contribution in [0.15, 0.2) is 42.5 Å². The van der Waals surface area contributed by atoms with Gasteiger partial charge < -0.3 is 19.7 Å². The Balaban J connectivity index is 1.53. The van der Waals surface area contributed by atoms with Gasteiger partial charge in [0.1, 0.15) is 5.75 Å². The van der Waals surface area contributed by atoms with Gasteiger partial charge in [-0.2, -0.15) is 0 Å². The van der Waals surface area contributed by atoms with E-state index in [-0.39, 0.29) is 5.91 Å². The molecule has 1 fully saturated rings. The van der Waals surface area contributed by atoms with Crippen molar-refractivity contribution in [2.75, 3.05) is 44.9 Å². The lowest BCUT2D eigenvalue weighted by molar-refractivity contribution is 0.0951. The molecule has 6 heteroatoms. The highest BCUT2D eigenvalue weighted by Gasteiger charge is 2.13. The number of nitrogens with one attached hydrogen (secondary N) is 1. The fourth-order valence-electron chi connectivity index (χ4n) is 2.97. The number of carbonyl (C=O) groups is 1. The van der Waals surface area contributed by atoms with Gasteiger partial charge >= 0.3 is 0 Å². The topological polar surface area (TPSA) is 50.8 Å². The molecule has 0 aromatic heterocycles. The second-order valence-corrected chi connectivity index (χ2v) is 6.55. The summed E-state index contributed by atoms with van der Waals surface area (Å²) in [7, 11) is 1.54. The second-order valence-electron chi connectivity index (χ2n) is 6.12. The highest BCUT2D eigenvalue weighted by molar-refractivity contribution is 6.31. The number of hydrogen-bond donors (Lipinski definition) is 1. The third-order valence-corrected chi connectivity index (χ3v) is 4.65. The van der Waals surface area contributed by atoms with Crippen LogP contribution >= 0.6 is 11.6 Å². The third-order valence-electron chi connectivity index (χ3n) is 4.42. The first-order valence-electron chi connectivity index (χ1n) is 8.71. The van der Waals surface area contributed by atoms with E-state index in [1.54, 1.807) is 18.2 Å². The minimum atomic E-state index is -0.186. The Morgan fingerprint density at radius 3 is 2.62 bits per heavy atom. The molecule has 0 saturated carbocycles. The smallest absolute Gasteiger partial charge is 0.255 e. The van der Waals surface area contributed by atoms with Gasteiger partial charge in [0.15, 0.2) is 0 Å². The molecule has 0 radical (unpaired) electrons. The van der Waals surface area contributed by atoms with E-state index in [2.05, 4.69) is 34.5 Å². The number of nitrogens with zero attached hydrogens (tertiary/aromatic N) is 1. The Morgan fingerprint density at radius 1 is 1.19 bits per heavy atom. The van der Waals surface area contributed by atoms with Gasteiger partial charge in [-0.3, -0.25) is 4.79 Å². The molecule has 1 saturated heterocycles. The standard InChI is InChI=1S/C20H23ClN2O3/c1-25-19-7-4-16(21)14-18(19)20(24)22-9-8-15-2-5-17(6-3-15)23-10-12-26-13-11-23/h2-7,14H,8-13H2,1H3,(H,22,24). The predicted molar refractivity (Wildman–Crippen MR) is 104 cm³/mol. The Bertz CT molecular complexity index is 743. The van der Waals surface area contributed by atoms with Crippen molar-refractivity contribution in [2.45, 2.75) is 6.42 Å². The minimum Gasteiger partial charge on any atom is -0.496 e. The van der Waals surface area contributed by atoms with Gasteiger partial charge in [0, 0.05) is 30.3 Å². The number of methoxy groups -OCH3 is 1. The summed E-state index contributed by atoms with van der Waals surface area (Å²) in [6.07, 6.45) is 0.762. The SMILES string of the molecule is COc1ccc(Cl)cc1C(=O)NCCc1ccc(N2CCOCC2)cc1. The molecule has 0 aliphatic carbocycles. The van der Waals surface area contributed by atoms with Gasteiger partial charge in [-0.15, -0.1) is 0 Å². The van der Waals surface area contributed by atoms with Crippen LogP contribution in [0.25, 0.3) is 0 Å². The highest BCUT2D eigenvalue weighted by atomic mass is 35.5. The number of amides is 1. The lowest BCUT2D eigenvalue weighted by Gasteiger charge is -2.28. The van der Waals surface area contributed by atoms with E-state index >= 15 is 0 Å². The Labute approximate surface area is 158 Å². The predicted octanol–water partition coefficient (Wildman–Crippen LogP) is 3.16. The van der Waals surface area contributed by atoms with Crippen molar-refractivity contribution in [3.8, 4) is 5.75 Å². The number of anilines is 1. The number of benzene rings is 2. The van der Waals surface area contributed by atoms with Crippen molar-refractivity contribution in [2.24, 2.45) is 0 Å². The van der Waals surface area contributed by atoms with Crippen LogP contribution in [0, 0.1) is 0 Å². The van der Waals surface area contributed by atoms with Crippen molar-refractivity contribution in [3.05, 3.63) is 58.6 Å². The first-order valence-corrected chi connectivity index (χ1v) is 9.08. The summed E-state index contributed by atoms with van der Waals surface area (Å²) in [5.74, 6) is 0.330. The number of morpholine rings is 1. The summed E-state index contributed by atoms with van der Waals surface area (Å²) in [4.78, 5) is 14.7. The maximum Gasteiger partial charge on any atom is 0.255 e.